The number of hydrogen-bond acceptors (Lipinski definition) is 8. The number of amides is 4. The number of fused-ring (bicyclic) bond motifs is 2. The smallest absolute Gasteiger partial charge is 0.270 e. The van der Waals surface area contributed by atoms with Gasteiger partial charge in [0.05, 0.1) is 17.6 Å². The highest BCUT2D eigenvalue weighted by Crippen LogP contribution is 2.38. The van der Waals surface area contributed by atoms with Gasteiger partial charge in [0.25, 0.3) is 11.8 Å². The lowest BCUT2D eigenvalue weighted by Crippen LogP contribution is -2.52. The van der Waals surface area contributed by atoms with Crippen LogP contribution in [0.1, 0.15) is 78.1 Å². The molecule has 0 spiro atoms. The van der Waals surface area contributed by atoms with Gasteiger partial charge in [0, 0.05) is 80.0 Å². The third-order valence-corrected chi connectivity index (χ3v) is 11.5. The van der Waals surface area contributed by atoms with Crippen molar-refractivity contribution in [3.8, 4) is 11.4 Å². The number of imide groups is 1. The molecule has 4 aromatic rings. The van der Waals surface area contributed by atoms with Crippen molar-refractivity contribution in [2.75, 3.05) is 50.7 Å². The Labute approximate surface area is 302 Å². The van der Waals surface area contributed by atoms with Crippen LogP contribution in [0.15, 0.2) is 42.6 Å². The normalized spacial score (nSPS) is 21.2. The highest BCUT2D eigenvalue weighted by Gasteiger charge is 2.31. The van der Waals surface area contributed by atoms with E-state index in [0.29, 0.717) is 11.5 Å². The number of carbonyl (C=O) groups excluding carboxylic acids is 4. The van der Waals surface area contributed by atoms with Gasteiger partial charge in [0.2, 0.25) is 11.8 Å². The fraction of sp³-hybridized carbons (Fsp3) is 0.487. The highest BCUT2D eigenvalue weighted by molar-refractivity contribution is 6.03. The van der Waals surface area contributed by atoms with Crippen molar-refractivity contribution in [2.24, 2.45) is 11.3 Å². The number of benzene rings is 1. The monoisotopic (exact) mass is 705 g/mol. The number of rotatable bonds is 7. The molecule has 13 heteroatoms. The minimum absolute atomic E-state index is 0.0819. The molecule has 8 rings (SSSR count). The fourth-order valence-corrected chi connectivity index (χ4v) is 8.28. The molecular formula is C39H47N9O4. The number of aromatic nitrogens is 4. The number of hydrogen-bond donors (Lipinski definition) is 4. The molecule has 0 saturated carbocycles. The van der Waals surface area contributed by atoms with Crippen molar-refractivity contribution in [3.05, 3.63) is 65.1 Å². The molecular weight excluding hydrogens is 658 g/mol. The summed E-state index contributed by atoms with van der Waals surface area (Å²) in [5.74, 6) is -0.557. The Balaban J connectivity index is 0.798. The first-order chi connectivity index (χ1) is 25.1. The quantitative estimate of drug-likeness (QED) is 0.212. The number of nitrogens with zero attached hydrogens (tertiary/aromatic N) is 5. The summed E-state index contributed by atoms with van der Waals surface area (Å²) in [6.07, 6.45) is 7.51. The summed E-state index contributed by atoms with van der Waals surface area (Å²) in [4.78, 5) is 64.3. The van der Waals surface area contributed by atoms with Gasteiger partial charge in [-0.3, -0.25) is 34.5 Å². The number of anilines is 1. The van der Waals surface area contributed by atoms with E-state index in [9.17, 15) is 19.2 Å². The molecule has 4 amide bonds. The molecule has 3 aliphatic heterocycles. The van der Waals surface area contributed by atoms with Crippen LogP contribution < -0.4 is 15.5 Å². The van der Waals surface area contributed by atoms with Crippen molar-refractivity contribution in [3.63, 3.8) is 0 Å². The number of H-pyrrole nitrogens is 2. The van der Waals surface area contributed by atoms with Crippen molar-refractivity contribution >= 4 is 40.2 Å². The Morgan fingerprint density at radius 3 is 2.52 bits per heavy atom. The topological polar surface area (TPSA) is 159 Å². The minimum atomic E-state index is -0.727. The van der Waals surface area contributed by atoms with E-state index in [2.05, 4.69) is 60.5 Å². The van der Waals surface area contributed by atoms with Gasteiger partial charge in [-0.25, -0.2) is 4.98 Å². The van der Waals surface area contributed by atoms with Crippen LogP contribution in [0.25, 0.3) is 22.3 Å². The molecule has 3 fully saturated rings. The van der Waals surface area contributed by atoms with Crippen molar-refractivity contribution in [1.82, 2.24) is 40.6 Å². The van der Waals surface area contributed by atoms with Crippen LogP contribution in [0.5, 0.6) is 0 Å². The van der Waals surface area contributed by atoms with Crippen LogP contribution in [0.3, 0.4) is 0 Å². The first-order valence-electron chi connectivity index (χ1n) is 18.6. The zero-order chi connectivity index (χ0) is 36.0. The molecule has 3 aromatic heterocycles. The average Bonchev–Trinajstić information content (AvgIpc) is 3.76. The Kier molecular flexibility index (Phi) is 9.06. The summed E-state index contributed by atoms with van der Waals surface area (Å²) >= 11 is 0. The van der Waals surface area contributed by atoms with Crippen LogP contribution in [0.4, 0.5) is 5.69 Å². The van der Waals surface area contributed by atoms with Crippen molar-refractivity contribution < 1.29 is 19.2 Å². The van der Waals surface area contributed by atoms with Crippen LogP contribution in [-0.4, -0.2) is 105 Å². The second kappa shape index (κ2) is 13.8. The van der Waals surface area contributed by atoms with Gasteiger partial charge in [0.15, 0.2) is 0 Å². The van der Waals surface area contributed by atoms with E-state index < -0.39 is 17.9 Å². The zero-order valence-corrected chi connectivity index (χ0v) is 30.0. The van der Waals surface area contributed by atoms with Gasteiger partial charge in [-0.05, 0) is 80.2 Å². The maximum Gasteiger partial charge on any atom is 0.270 e. The summed E-state index contributed by atoms with van der Waals surface area (Å²) in [5.41, 5.74) is 7.73. The lowest BCUT2D eigenvalue weighted by atomic mass is 9.76. The van der Waals surface area contributed by atoms with Gasteiger partial charge < -0.3 is 20.1 Å². The third kappa shape index (κ3) is 7.06. The van der Waals surface area contributed by atoms with Gasteiger partial charge in [0.1, 0.15) is 17.4 Å². The summed E-state index contributed by atoms with van der Waals surface area (Å²) in [6, 6.07) is 11.0. The number of aromatic amines is 2. The lowest BCUT2D eigenvalue weighted by molar-refractivity contribution is -0.134. The predicted octanol–water partition coefficient (Wildman–Crippen LogP) is 3.68. The third-order valence-electron chi connectivity index (χ3n) is 11.5. The molecule has 4 aliphatic rings. The van der Waals surface area contributed by atoms with Crippen LogP contribution in [0, 0.1) is 11.3 Å². The summed E-state index contributed by atoms with van der Waals surface area (Å²) in [6.45, 7) is 10.7. The molecule has 52 heavy (non-hydrogen) atoms. The second-order valence-corrected chi connectivity index (χ2v) is 15.8. The fourth-order valence-electron chi connectivity index (χ4n) is 8.28. The maximum absolute atomic E-state index is 13.6. The van der Waals surface area contributed by atoms with Gasteiger partial charge in [-0.15, -0.1) is 0 Å². The Morgan fingerprint density at radius 2 is 1.77 bits per heavy atom. The largest absolute Gasteiger partial charge is 0.370 e. The molecule has 1 aliphatic carbocycles. The predicted molar refractivity (Wildman–Crippen MR) is 197 cm³/mol. The van der Waals surface area contributed by atoms with Crippen LogP contribution in [0.2, 0.25) is 0 Å². The minimum Gasteiger partial charge on any atom is -0.370 e. The molecule has 0 radical (unpaired) electrons. The first kappa shape index (κ1) is 34.1. The highest BCUT2D eigenvalue weighted by atomic mass is 16.2. The lowest BCUT2D eigenvalue weighted by Gasteiger charge is -2.39. The molecule has 1 aromatic carbocycles. The standard InChI is InChI=1S/C39H47N9O4/c1-39(2)12-9-28-33(21-39)44-45-35(28)32-19-25-3-4-26(20-31(25)41-32)38(52)48-17-15-46(16-18-48)23-24-10-13-47(14-11-24)27-5-6-29(40-22-27)36(50)42-30-7-8-34(49)43-37(30)51/h3-6,19-20,22,24,30,41H,7-18,21,23H2,1-2H3,(H,42,50)(H,44,45)(H,43,49,51). The summed E-state index contributed by atoms with van der Waals surface area (Å²) < 4.78 is 0. The van der Waals surface area contributed by atoms with E-state index in [4.69, 9.17) is 0 Å². The van der Waals surface area contributed by atoms with Crippen molar-refractivity contribution in [2.45, 2.75) is 64.8 Å². The first-order valence-corrected chi connectivity index (χ1v) is 18.6. The molecule has 13 nitrogen and oxygen atoms in total. The van der Waals surface area contributed by atoms with Gasteiger partial charge >= 0.3 is 0 Å². The number of pyridine rings is 1. The number of piperazine rings is 1. The molecule has 3 saturated heterocycles. The Morgan fingerprint density at radius 1 is 0.962 bits per heavy atom. The molecule has 272 valence electrons. The van der Waals surface area contributed by atoms with E-state index in [1.807, 2.05) is 29.2 Å². The van der Waals surface area contributed by atoms with Crippen molar-refractivity contribution in [1.29, 1.82) is 0 Å². The molecule has 4 N–H and O–H groups in total. The summed E-state index contributed by atoms with van der Waals surface area (Å²) in [7, 11) is 0. The van der Waals surface area contributed by atoms with E-state index in [-0.39, 0.29) is 35.8 Å². The molecule has 0 bridgehead atoms. The Hall–Kier alpha value is -5.04. The molecule has 6 heterocycles. The SMILES string of the molecule is CC1(C)CCc2c(-c3cc4ccc(C(=O)N5CCN(CC6CCN(c7ccc(C(=O)NC8CCC(=O)NC8=O)nc7)CC6)CC5)cc4[nH]3)n[nH]c2C1. The van der Waals surface area contributed by atoms with Gasteiger partial charge in [-0.1, -0.05) is 19.9 Å². The number of piperidine rings is 2. The average molecular weight is 706 g/mol. The molecule has 1 unspecified atom stereocenters. The van der Waals surface area contributed by atoms with Crippen LogP contribution >= 0.6 is 0 Å². The van der Waals surface area contributed by atoms with E-state index in [0.717, 1.165) is 106 Å². The second-order valence-electron chi connectivity index (χ2n) is 15.8. The van der Waals surface area contributed by atoms with Crippen LogP contribution in [-0.2, 0) is 22.4 Å². The van der Waals surface area contributed by atoms with E-state index >= 15 is 0 Å². The molecule has 1 atom stereocenters. The number of nitrogens with one attached hydrogen (secondary N) is 4. The Bertz CT molecular complexity index is 2000. The summed E-state index contributed by atoms with van der Waals surface area (Å²) in [5, 5.41) is 14.0. The van der Waals surface area contributed by atoms with E-state index in [1.54, 1.807) is 12.3 Å². The maximum atomic E-state index is 13.6. The zero-order valence-electron chi connectivity index (χ0n) is 30.0. The van der Waals surface area contributed by atoms with E-state index in [1.165, 1.54) is 11.3 Å². The number of carbonyl (C=O) groups is 4. The van der Waals surface area contributed by atoms with Gasteiger partial charge in [-0.2, -0.15) is 5.10 Å².